The van der Waals surface area contributed by atoms with E-state index in [0.717, 1.165) is 5.69 Å². The van der Waals surface area contributed by atoms with Crippen molar-refractivity contribution in [2.24, 2.45) is 0 Å². The van der Waals surface area contributed by atoms with E-state index in [1.807, 2.05) is 19.1 Å². The number of hydrogen-bond donors (Lipinski definition) is 1. The summed E-state index contributed by atoms with van der Waals surface area (Å²) in [6, 6.07) is 4.03. The molecule has 1 rings (SSSR count). The lowest BCUT2D eigenvalue weighted by molar-refractivity contribution is 0.190. The van der Waals surface area contributed by atoms with Crippen molar-refractivity contribution in [3.63, 3.8) is 0 Å². The van der Waals surface area contributed by atoms with Gasteiger partial charge in [-0.25, -0.2) is 4.98 Å². The third kappa shape index (κ3) is 2.88. The monoisotopic (exact) mass is 196 g/mol. The number of ether oxygens (including phenoxy) is 2. The molecule has 4 heteroatoms. The second kappa shape index (κ2) is 5.44. The Morgan fingerprint density at radius 3 is 2.93 bits per heavy atom. The van der Waals surface area contributed by atoms with E-state index in [9.17, 15) is 0 Å². The second-order valence-electron chi connectivity index (χ2n) is 3.06. The zero-order valence-electron chi connectivity index (χ0n) is 8.78. The highest BCUT2D eigenvalue weighted by Crippen LogP contribution is 2.20. The van der Waals surface area contributed by atoms with Gasteiger partial charge in [-0.2, -0.15) is 0 Å². The first-order valence-corrected chi connectivity index (χ1v) is 4.52. The molecule has 0 aliphatic carbocycles. The highest BCUT2D eigenvalue weighted by molar-refractivity contribution is 5.52. The van der Waals surface area contributed by atoms with Gasteiger partial charge in [0, 0.05) is 19.3 Å². The lowest BCUT2D eigenvalue weighted by atomic mass is 10.3. The zero-order valence-corrected chi connectivity index (χ0v) is 8.78. The Morgan fingerprint density at radius 1 is 1.50 bits per heavy atom. The summed E-state index contributed by atoms with van der Waals surface area (Å²) in [6.07, 6.45) is 1.70. The lowest BCUT2D eigenvalue weighted by Crippen LogP contribution is -2.21. The predicted molar refractivity (Wildman–Crippen MR) is 55.7 cm³/mol. The van der Waals surface area contributed by atoms with E-state index in [1.165, 1.54) is 0 Å². The van der Waals surface area contributed by atoms with Crippen LogP contribution in [0.5, 0.6) is 5.88 Å². The molecule has 14 heavy (non-hydrogen) atoms. The third-order valence-electron chi connectivity index (χ3n) is 1.78. The van der Waals surface area contributed by atoms with E-state index in [4.69, 9.17) is 9.47 Å². The number of nitrogens with one attached hydrogen (secondary N) is 1. The molecule has 1 aromatic heterocycles. The lowest BCUT2D eigenvalue weighted by Gasteiger charge is -2.15. The van der Waals surface area contributed by atoms with Crippen LogP contribution in [0.1, 0.15) is 6.92 Å². The van der Waals surface area contributed by atoms with Gasteiger partial charge in [0.2, 0.25) is 5.88 Å². The van der Waals surface area contributed by atoms with Gasteiger partial charge in [-0.3, -0.25) is 0 Å². The summed E-state index contributed by atoms with van der Waals surface area (Å²) < 4.78 is 10.1. The Balaban J connectivity index is 2.65. The number of anilines is 1. The molecular weight excluding hydrogens is 180 g/mol. The minimum Gasteiger partial charge on any atom is -0.480 e. The van der Waals surface area contributed by atoms with Crippen molar-refractivity contribution in [2.45, 2.75) is 13.0 Å². The Morgan fingerprint density at radius 2 is 2.29 bits per heavy atom. The van der Waals surface area contributed by atoms with Gasteiger partial charge in [-0.05, 0) is 19.1 Å². The number of rotatable bonds is 5. The van der Waals surface area contributed by atoms with Crippen LogP contribution in [0.3, 0.4) is 0 Å². The van der Waals surface area contributed by atoms with Crippen LogP contribution in [0.25, 0.3) is 0 Å². The molecule has 0 saturated heterocycles. The van der Waals surface area contributed by atoms with Gasteiger partial charge >= 0.3 is 0 Å². The number of pyridine rings is 1. The summed E-state index contributed by atoms with van der Waals surface area (Å²) in [6.45, 7) is 2.69. The molecule has 0 aliphatic rings. The van der Waals surface area contributed by atoms with Gasteiger partial charge in [0.15, 0.2) is 0 Å². The van der Waals surface area contributed by atoms with Crippen molar-refractivity contribution in [2.75, 3.05) is 26.1 Å². The number of aromatic nitrogens is 1. The van der Waals surface area contributed by atoms with Crippen LogP contribution in [0.15, 0.2) is 18.3 Å². The van der Waals surface area contributed by atoms with Gasteiger partial charge in [0.25, 0.3) is 0 Å². The molecule has 1 atom stereocenters. The summed E-state index contributed by atoms with van der Waals surface area (Å²) in [5, 5.41) is 3.25. The standard InChI is InChI=1S/C10H16N2O2/c1-8(7-13-2)12-9-5-4-6-11-10(9)14-3/h4-6,8,12H,7H2,1-3H3/t8-/m0/s1. The molecule has 0 radical (unpaired) electrons. The molecule has 78 valence electrons. The highest BCUT2D eigenvalue weighted by Gasteiger charge is 2.06. The molecule has 4 nitrogen and oxygen atoms in total. The SMILES string of the molecule is COC[C@H](C)Nc1cccnc1OC. The smallest absolute Gasteiger partial charge is 0.237 e. The van der Waals surface area contributed by atoms with Crippen LogP contribution in [0.4, 0.5) is 5.69 Å². The van der Waals surface area contributed by atoms with Crippen molar-refractivity contribution >= 4 is 5.69 Å². The molecular formula is C10H16N2O2. The molecule has 0 fully saturated rings. The first-order chi connectivity index (χ1) is 6.77. The first kappa shape index (κ1) is 10.8. The van der Waals surface area contributed by atoms with Crippen molar-refractivity contribution in [3.8, 4) is 5.88 Å². The van der Waals surface area contributed by atoms with Crippen LogP contribution in [-0.4, -0.2) is 31.9 Å². The molecule has 1 heterocycles. The van der Waals surface area contributed by atoms with E-state index in [1.54, 1.807) is 20.4 Å². The molecule has 1 aromatic rings. The van der Waals surface area contributed by atoms with Crippen molar-refractivity contribution in [1.29, 1.82) is 0 Å². The molecule has 0 spiro atoms. The quantitative estimate of drug-likeness (QED) is 0.775. The van der Waals surface area contributed by atoms with Crippen LogP contribution < -0.4 is 10.1 Å². The second-order valence-corrected chi connectivity index (χ2v) is 3.06. The van der Waals surface area contributed by atoms with Crippen molar-refractivity contribution in [3.05, 3.63) is 18.3 Å². The molecule has 0 bridgehead atoms. The minimum absolute atomic E-state index is 0.234. The van der Waals surface area contributed by atoms with Gasteiger partial charge in [0.05, 0.1) is 19.4 Å². The van der Waals surface area contributed by atoms with Crippen molar-refractivity contribution in [1.82, 2.24) is 4.98 Å². The Kier molecular flexibility index (Phi) is 4.19. The maximum Gasteiger partial charge on any atom is 0.237 e. The largest absolute Gasteiger partial charge is 0.480 e. The summed E-state index contributed by atoms with van der Waals surface area (Å²) in [4.78, 5) is 4.08. The zero-order chi connectivity index (χ0) is 10.4. The fourth-order valence-corrected chi connectivity index (χ4v) is 1.22. The average molecular weight is 196 g/mol. The van der Waals surface area contributed by atoms with Gasteiger partial charge in [-0.1, -0.05) is 0 Å². The summed E-state index contributed by atoms with van der Waals surface area (Å²) >= 11 is 0. The maximum absolute atomic E-state index is 5.11. The first-order valence-electron chi connectivity index (χ1n) is 4.52. The summed E-state index contributed by atoms with van der Waals surface area (Å²) in [5.74, 6) is 0.607. The Labute approximate surface area is 84.3 Å². The van der Waals surface area contributed by atoms with E-state index in [2.05, 4.69) is 10.3 Å². The third-order valence-corrected chi connectivity index (χ3v) is 1.78. The fourth-order valence-electron chi connectivity index (χ4n) is 1.22. The van der Waals surface area contributed by atoms with Gasteiger partial charge in [0.1, 0.15) is 0 Å². The molecule has 0 saturated carbocycles. The van der Waals surface area contributed by atoms with Crippen molar-refractivity contribution < 1.29 is 9.47 Å². The highest BCUT2D eigenvalue weighted by atomic mass is 16.5. The molecule has 1 N–H and O–H groups in total. The fraction of sp³-hybridized carbons (Fsp3) is 0.500. The normalized spacial score (nSPS) is 12.2. The molecule has 0 unspecified atom stereocenters. The maximum atomic E-state index is 5.11. The van der Waals surface area contributed by atoms with Crippen LogP contribution in [0, 0.1) is 0 Å². The van der Waals surface area contributed by atoms with Crippen LogP contribution in [0.2, 0.25) is 0 Å². The molecule has 0 amide bonds. The molecule has 0 aromatic carbocycles. The van der Waals surface area contributed by atoms with E-state index < -0.39 is 0 Å². The van der Waals surface area contributed by atoms with Crippen LogP contribution >= 0.6 is 0 Å². The molecule has 0 aliphatic heterocycles. The summed E-state index contributed by atoms with van der Waals surface area (Å²) in [5.41, 5.74) is 0.888. The topological polar surface area (TPSA) is 43.4 Å². The minimum atomic E-state index is 0.234. The Bertz CT molecular complexity index is 279. The van der Waals surface area contributed by atoms with Gasteiger partial charge < -0.3 is 14.8 Å². The van der Waals surface area contributed by atoms with E-state index in [0.29, 0.717) is 12.5 Å². The Hall–Kier alpha value is -1.29. The number of methoxy groups -OCH3 is 2. The van der Waals surface area contributed by atoms with E-state index in [-0.39, 0.29) is 6.04 Å². The van der Waals surface area contributed by atoms with E-state index >= 15 is 0 Å². The average Bonchev–Trinajstić information content (AvgIpc) is 2.19. The predicted octanol–water partition coefficient (Wildman–Crippen LogP) is 1.54. The van der Waals surface area contributed by atoms with Crippen LogP contribution in [-0.2, 0) is 4.74 Å². The number of nitrogens with zero attached hydrogens (tertiary/aromatic N) is 1. The number of hydrogen-bond acceptors (Lipinski definition) is 4. The summed E-state index contributed by atoms with van der Waals surface area (Å²) in [7, 11) is 3.28. The van der Waals surface area contributed by atoms with Gasteiger partial charge in [-0.15, -0.1) is 0 Å².